The molecule has 0 bridgehead atoms. The summed E-state index contributed by atoms with van der Waals surface area (Å²) in [4.78, 5) is 22.3. The molecule has 1 atom stereocenters. The third-order valence-electron chi connectivity index (χ3n) is 3.08. The Morgan fingerprint density at radius 2 is 1.65 bits per heavy atom. The number of amides is 1. The average molecular weight is 267 g/mol. The first-order valence-electron chi connectivity index (χ1n) is 6.60. The lowest BCUT2D eigenvalue weighted by atomic mass is 10.0. The maximum Gasteiger partial charge on any atom is 0.251 e. The van der Waals surface area contributed by atoms with Crippen molar-refractivity contribution >= 4 is 12.2 Å². The second kappa shape index (κ2) is 6.66. The maximum absolute atomic E-state index is 12.0. The molecule has 102 valence electrons. The Morgan fingerprint density at radius 3 is 2.25 bits per heavy atom. The summed E-state index contributed by atoms with van der Waals surface area (Å²) in [5.74, 6) is -0.154. The number of aldehydes is 1. The van der Waals surface area contributed by atoms with Gasteiger partial charge in [-0.1, -0.05) is 42.5 Å². The van der Waals surface area contributed by atoms with Gasteiger partial charge in [-0.05, 0) is 30.2 Å². The Balaban J connectivity index is 2.08. The summed E-state index contributed by atoms with van der Waals surface area (Å²) in [6.07, 6.45) is 1.14. The summed E-state index contributed by atoms with van der Waals surface area (Å²) in [7, 11) is 0. The van der Waals surface area contributed by atoms with Crippen LogP contribution in [0.2, 0.25) is 0 Å². The third-order valence-corrected chi connectivity index (χ3v) is 3.08. The first-order valence-corrected chi connectivity index (χ1v) is 6.60. The van der Waals surface area contributed by atoms with Crippen LogP contribution in [0.3, 0.4) is 0 Å². The van der Waals surface area contributed by atoms with E-state index in [1.165, 1.54) is 0 Å². The predicted molar refractivity (Wildman–Crippen MR) is 79.5 cm³/mol. The standard InChI is InChI=1S/C17H17NO2/c1-13(11-12-19)18-17(20)16-9-7-15(8-10-16)14-5-3-2-4-6-14/h2-10,12-13H,11H2,1H3,(H,18,20). The molecule has 0 saturated carbocycles. The van der Waals surface area contributed by atoms with Gasteiger partial charge in [0.1, 0.15) is 6.29 Å². The molecule has 0 aliphatic carbocycles. The molecule has 0 aromatic heterocycles. The summed E-state index contributed by atoms with van der Waals surface area (Å²) in [5.41, 5.74) is 2.79. The summed E-state index contributed by atoms with van der Waals surface area (Å²) >= 11 is 0. The molecule has 2 aromatic carbocycles. The highest BCUT2D eigenvalue weighted by Gasteiger charge is 2.09. The Bertz CT molecular complexity index is 576. The highest BCUT2D eigenvalue weighted by atomic mass is 16.1. The van der Waals surface area contributed by atoms with Gasteiger partial charge < -0.3 is 10.1 Å². The molecule has 2 aromatic rings. The smallest absolute Gasteiger partial charge is 0.251 e. The molecule has 2 rings (SSSR count). The molecule has 1 amide bonds. The van der Waals surface area contributed by atoms with E-state index in [1.54, 1.807) is 12.1 Å². The fraction of sp³-hybridized carbons (Fsp3) is 0.176. The van der Waals surface area contributed by atoms with E-state index in [1.807, 2.05) is 49.4 Å². The van der Waals surface area contributed by atoms with Gasteiger partial charge in [0.05, 0.1) is 0 Å². The molecular formula is C17H17NO2. The minimum absolute atomic E-state index is 0.145. The number of benzene rings is 2. The van der Waals surface area contributed by atoms with Crippen molar-refractivity contribution in [2.45, 2.75) is 19.4 Å². The largest absolute Gasteiger partial charge is 0.349 e. The van der Waals surface area contributed by atoms with Gasteiger partial charge in [-0.2, -0.15) is 0 Å². The van der Waals surface area contributed by atoms with Gasteiger partial charge in [0.2, 0.25) is 0 Å². The van der Waals surface area contributed by atoms with Crippen LogP contribution in [0, 0.1) is 0 Å². The summed E-state index contributed by atoms with van der Waals surface area (Å²) in [6.45, 7) is 1.81. The SMILES string of the molecule is CC(CC=O)NC(=O)c1ccc(-c2ccccc2)cc1. The van der Waals surface area contributed by atoms with E-state index in [2.05, 4.69) is 5.32 Å². The highest BCUT2D eigenvalue weighted by Crippen LogP contribution is 2.19. The van der Waals surface area contributed by atoms with Crippen LogP contribution in [0.1, 0.15) is 23.7 Å². The van der Waals surface area contributed by atoms with E-state index in [0.717, 1.165) is 17.4 Å². The molecule has 1 unspecified atom stereocenters. The molecule has 0 fully saturated rings. The lowest BCUT2D eigenvalue weighted by Crippen LogP contribution is -2.32. The zero-order valence-corrected chi connectivity index (χ0v) is 11.4. The number of carbonyl (C=O) groups is 2. The zero-order valence-electron chi connectivity index (χ0n) is 11.4. The fourth-order valence-electron chi connectivity index (χ4n) is 1.96. The first kappa shape index (κ1) is 14.0. The normalized spacial score (nSPS) is 11.7. The van der Waals surface area contributed by atoms with E-state index in [0.29, 0.717) is 12.0 Å². The summed E-state index contributed by atoms with van der Waals surface area (Å²) in [5, 5.41) is 2.79. The van der Waals surface area contributed by atoms with E-state index < -0.39 is 0 Å². The quantitative estimate of drug-likeness (QED) is 0.846. The van der Waals surface area contributed by atoms with E-state index in [4.69, 9.17) is 0 Å². The van der Waals surface area contributed by atoms with Crippen molar-refractivity contribution in [3.63, 3.8) is 0 Å². The summed E-state index contributed by atoms with van der Waals surface area (Å²) in [6, 6.07) is 17.3. The minimum Gasteiger partial charge on any atom is -0.349 e. The van der Waals surface area contributed by atoms with Crippen LogP contribution >= 0.6 is 0 Å². The van der Waals surface area contributed by atoms with Crippen LogP contribution in [0.5, 0.6) is 0 Å². The van der Waals surface area contributed by atoms with Crippen molar-refractivity contribution < 1.29 is 9.59 Å². The Labute approximate surface area is 118 Å². The van der Waals surface area contributed by atoms with E-state index >= 15 is 0 Å². The van der Waals surface area contributed by atoms with Gasteiger partial charge in [0.25, 0.3) is 5.91 Å². The molecule has 0 heterocycles. The van der Waals surface area contributed by atoms with Crippen LogP contribution < -0.4 is 5.32 Å². The number of carbonyl (C=O) groups excluding carboxylic acids is 2. The molecule has 0 saturated heterocycles. The van der Waals surface area contributed by atoms with Crippen LogP contribution in [-0.4, -0.2) is 18.2 Å². The second-order valence-electron chi connectivity index (χ2n) is 4.72. The van der Waals surface area contributed by atoms with Gasteiger partial charge in [-0.3, -0.25) is 4.79 Å². The highest BCUT2D eigenvalue weighted by molar-refractivity contribution is 5.95. The lowest BCUT2D eigenvalue weighted by molar-refractivity contribution is -0.108. The van der Waals surface area contributed by atoms with Gasteiger partial charge in [-0.25, -0.2) is 0 Å². The first-order chi connectivity index (χ1) is 9.70. The Kier molecular flexibility index (Phi) is 4.66. The fourth-order valence-corrected chi connectivity index (χ4v) is 1.96. The number of hydrogen-bond acceptors (Lipinski definition) is 2. The second-order valence-corrected chi connectivity index (χ2v) is 4.72. The maximum atomic E-state index is 12.0. The zero-order chi connectivity index (χ0) is 14.4. The molecule has 0 radical (unpaired) electrons. The van der Waals surface area contributed by atoms with Crippen molar-refractivity contribution in [3.05, 3.63) is 60.2 Å². The monoisotopic (exact) mass is 267 g/mol. The number of rotatable bonds is 5. The lowest BCUT2D eigenvalue weighted by Gasteiger charge is -2.11. The van der Waals surface area contributed by atoms with Crippen LogP contribution in [-0.2, 0) is 4.79 Å². The topological polar surface area (TPSA) is 46.2 Å². The van der Waals surface area contributed by atoms with Crippen molar-refractivity contribution in [1.29, 1.82) is 0 Å². The van der Waals surface area contributed by atoms with Crippen molar-refractivity contribution in [3.8, 4) is 11.1 Å². The van der Waals surface area contributed by atoms with E-state index in [9.17, 15) is 9.59 Å². The van der Waals surface area contributed by atoms with Gasteiger partial charge in [0.15, 0.2) is 0 Å². The molecule has 3 heteroatoms. The summed E-state index contributed by atoms with van der Waals surface area (Å²) < 4.78 is 0. The van der Waals surface area contributed by atoms with Crippen LogP contribution in [0.4, 0.5) is 0 Å². The molecule has 0 aliphatic heterocycles. The molecule has 1 N–H and O–H groups in total. The molecule has 0 spiro atoms. The number of nitrogens with one attached hydrogen (secondary N) is 1. The molecule has 0 aliphatic rings. The average Bonchev–Trinajstić information content (AvgIpc) is 2.48. The molecule has 20 heavy (non-hydrogen) atoms. The Morgan fingerprint density at radius 1 is 1.05 bits per heavy atom. The van der Waals surface area contributed by atoms with Gasteiger partial charge in [0, 0.05) is 18.0 Å². The van der Waals surface area contributed by atoms with Crippen LogP contribution in [0.15, 0.2) is 54.6 Å². The minimum atomic E-state index is -0.154. The van der Waals surface area contributed by atoms with Crippen molar-refractivity contribution in [2.75, 3.05) is 0 Å². The molecule has 3 nitrogen and oxygen atoms in total. The van der Waals surface area contributed by atoms with Crippen molar-refractivity contribution in [2.24, 2.45) is 0 Å². The molecular weight excluding hydrogens is 250 g/mol. The van der Waals surface area contributed by atoms with Gasteiger partial charge in [-0.15, -0.1) is 0 Å². The third kappa shape index (κ3) is 3.54. The van der Waals surface area contributed by atoms with Crippen LogP contribution in [0.25, 0.3) is 11.1 Å². The van der Waals surface area contributed by atoms with E-state index in [-0.39, 0.29) is 11.9 Å². The predicted octanol–water partition coefficient (Wildman–Crippen LogP) is 3.06. The van der Waals surface area contributed by atoms with Crippen molar-refractivity contribution in [1.82, 2.24) is 5.32 Å². The number of hydrogen-bond donors (Lipinski definition) is 1. The van der Waals surface area contributed by atoms with Gasteiger partial charge >= 0.3 is 0 Å². The Hall–Kier alpha value is -2.42.